The number of carbonyl (C=O) groups is 2. The molecule has 1 saturated heterocycles. The zero-order valence-corrected chi connectivity index (χ0v) is 5.73. The van der Waals surface area contributed by atoms with Gasteiger partial charge < -0.3 is 0 Å². The molecule has 1 rings (SSSR count). The lowest BCUT2D eigenvalue weighted by atomic mass is 10.4. The minimum Gasteiger partial charge on any atom is -0.274 e. The third-order valence-electron chi connectivity index (χ3n) is 1.30. The largest absolute Gasteiger partial charge is 0.274 e. The maximum atomic E-state index is 10.7. The fourth-order valence-corrected chi connectivity index (χ4v) is 1.10. The van der Waals surface area contributed by atoms with E-state index in [1.165, 1.54) is 0 Å². The Morgan fingerprint density at radius 2 is 1.78 bits per heavy atom. The maximum absolute atomic E-state index is 10.7. The highest BCUT2D eigenvalue weighted by molar-refractivity contribution is 7.80. The van der Waals surface area contributed by atoms with Gasteiger partial charge in [-0.25, -0.2) is 0 Å². The van der Waals surface area contributed by atoms with Gasteiger partial charge in [0.05, 0.1) is 5.88 Å². The molecule has 0 radical (unpaired) electrons. The minimum absolute atomic E-state index is 0.102. The van der Waals surface area contributed by atoms with E-state index in [4.69, 9.17) is 0 Å². The van der Waals surface area contributed by atoms with E-state index in [2.05, 4.69) is 12.6 Å². The first kappa shape index (κ1) is 6.61. The summed E-state index contributed by atoms with van der Waals surface area (Å²) in [6.07, 6.45) is 0.721. The Morgan fingerprint density at radius 3 is 2.00 bits per heavy atom. The first-order valence-electron chi connectivity index (χ1n) is 2.70. The lowest BCUT2D eigenvalue weighted by Crippen LogP contribution is -2.27. The Hall–Kier alpha value is -0.510. The summed E-state index contributed by atoms with van der Waals surface area (Å²) >= 11 is 3.82. The Kier molecular flexibility index (Phi) is 1.75. The molecule has 9 heavy (non-hydrogen) atoms. The second kappa shape index (κ2) is 2.39. The molecule has 50 valence electrons. The van der Waals surface area contributed by atoms with Crippen molar-refractivity contribution >= 4 is 24.4 Å². The van der Waals surface area contributed by atoms with Gasteiger partial charge in [-0.3, -0.25) is 14.5 Å². The fraction of sp³-hybridized carbons (Fsp3) is 0.600. The van der Waals surface area contributed by atoms with Crippen molar-refractivity contribution in [2.45, 2.75) is 12.8 Å². The van der Waals surface area contributed by atoms with Gasteiger partial charge in [-0.15, -0.1) is 0 Å². The van der Waals surface area contributed by atoms with Gasteiger partial charge in [0, 0.05) is 12.8 Å². The molecule has 0 aromatic rings. The lowest BCUT2D eigenvalue weighted by Gasteiger charge is -2.07. The number of hydrogen-bond donors (Lipinski definition) is 1. The highest BCUT2D eigenvalue weighted by atomic mass is 32.1. The first-order valence-corrected chi connectivity index (χ1v) is 3.33. The summed E-state index contributed by atoms with van der Waals surface area (Å²) in [7, 11) is 0. The summed E-state index contributed by atoms with van der Waals surface area (Å²) in [4.78, 5) is 22.5. The summed E-state index contributed by atoms with van der Waals surface area (Å²) in [5.74, 6) is 0.0162. The second-order valence-electron chi connectivity index (χ2n) is 1.86. The molecule has 0 spiro atoms. The molecule has 0 atom stereocenters. The molecule has 0 N–H and O–H groups in total. The van der Waals surface area contributed by atoms with Crippen molar-refractivity contribution in [1.29, 1.82) is 0 Å². The number of thiol groups is 1. The van der Waals surface area contributed by atoms with Crippen LogP contribution in [-0.2, 0) is 9.59 Å². The van der Waals surface area contributed by atoms with Crippen LogP contribution in [0.3, 0.4) is 0 Å². The van der Waals surface area contributed by atoms with Crippen LogP contribution in [0.5, 0.6) is 0 Å². The Morgan fingerprint density at radius 1 is 1.33 bits per heavy atom. The van der Waals surface area contributed by atoms with Crippen LogP contribution in [0, 0.1) is 0 Å². The van der Waals surface area contributed by atoms with Crippen molar-refractivity contribution in [3.8, 4) is 0 Å². The van der Waals surface area contributed by atoms with E-state index in [1.807, 2.05) is 0 Å². The molecule has 3 nitrogen and oxygen atoms in total. The molecule has 0 aromatic heterocycles. The number of amides is 2. The predicted molar refractivity (Wildman–Crippen MR) is 34.9 cm³/mol. The van der Waals surface area contributed by atoms with Gasteiger partial charge in [-0.05, 0) is 0 Å². The number of hydrogen-bond acceptors (Lipinski definition) is 3. The van der Waals surface area contributed by atoms with E-state index in [0.717, 1.165) is 4.90 Å². The van der Waals surface area contributed by atoms with E-state index >= 15 is 0 Å². The summed E-state index contributed by atoms with van der Waals surface area (Å²) in [5, 5.41) is 0. The van der Waals surface area contributed by atoms with Gasteiger partial charge in [0.2, 0.25) is 11.8 Å². The summed E-state index contributed by atoms with van der Waals surface area (Å²) in [6, 6.07) is 0. The molecule has 0 unspecified atom stereocenters. The quantitative estimate of drug-likeness (QED) is 0.417. The molecule has 1 fully saturated rings. The highest BCUT2D eigenvalue weighted by Crippen LogP contribution is 2.10. The minimum atomic E-state index is -0.102. The summed E-state index contributed by atoms with van der Waals surface area (Å²) in [5.41, 5.74) is 0. The maximum Gasteiger partial charge on any atom is 0.230 e. The fourth-order valence-electron chi connectivity index (χ4n) is 0.781. The molecule has 1 heterocycles. The van der Waals surface area contributed by atoms with E-state index in [9.17, 15) is 9.59 Å². The van der Waals surface area contributed by atoms with Gasteiger partial charge >= 0.3 is 0 Å². The number of likely N-dealkylation sites (tertiary alicyclic amines) is 1. The monoisotopic (exact) mass is 145 g/mol. The third kappa shape index (κ3) is 1.08. The van der Waals surface area contributed by atoms with Gasteiger partial charge in [-0.2, -0.15) is 12.6 Å². The molecule has 2 amide bonds. The second-order valence-corrected chi connectivity index (χ2v) is 2.14. The van der Waals surface area contributed by atoms with Crippen LogP contribution in [0.4, 0.5) is 0 Å². The molecule has 0 aliphatic carbocycles. The molecular formula is C5H7NO2S. The van der Waals surface area contributed by atoms with Crippen molar-refractivity contribution < 1.29 is 9.59 Å². The third-order valence-corrected chi connectivity index (χ3v) is 1.58. The molecule has 1 aliphatic heterocycles. The standard InChI is InChI=1S/C5H7NO2S/c7-4-1-2-5(8)6(4)3-9/h9H,1-3H2. The number of rotatable bonds is 1. The molecule has 4 heteroatoms. The SMILES string of the molecule is O=C1CCC(=O)N1CS. The summed E-state index contributed by atoms with van der Waals surface area (Å²) in [6.45, 7) is 0. The van der Waals surface area contributed by atoms with Gasteiger partial charge in [0.25, 0.3) is 0 Å². The molecule has 0 saturated carbocycles. The lowest BCUT2D eigenvalue weighted by molar-refractivity contribution is -0.137. The van der Waals surface area contributed by atoms with Crippen LogP contribution in [0.15, 0.2) is 0 Å². The first-order chi connectivity index (χ1) is 4.25. The van der Waals surface area contributed by atoms with E-state index in [-0.39, 0.29) is 17.7 Å². The van der Waals surface area contributed by atoms with Crippen molar-refractivity contribution in [2.75, 3.05) is 5.88 Å². The van der Waals surface area contributed by atoms with Gasteiger partial charge in [-0.1, -0.05) is 0 Å². The van der Waals surface area contributed by atoms with E-state index < -0.39 is 0 Å². The topological polar surface area (TPSA) is 37.4 Å². The number of imide groups is 1. The van der Waals surface area contributed by atoms with Gasteiger partial charge in [0.1, 0.15) is 0 Å². The van der Waals surface area contributed by atoms with E-state index in [0.29, 0.717) is 12.8 Å². The van der Waals surface area contributed by atoms with E-state index in [1.54, 1.807) is 0 Å². The Bertz CT molecular complexity index is 141. The van der Waals surface area contributed by atoms with Crippen molar-refractivity contribution in [3.05, 3.63) is 0 Å². The average molecular weight is 145 g/mol. The van der Waals surface area contributed by atoms with Gasteiger partial charge in [0.15, 0.2) is 0 Å². The van der Waals surface area contributed by atoms with Crippen molar-refractivity contribution in [3.63, 3.8) is 0 Å². The van der Waals surface area contributed by atoms with Crippen molar-refractivity contribution in [1.82, 2.24) is 4.90 Å². The smallest absolute Gasteiger partial charge is 0.230 e. The normalized spacial score (nSPS) is 19.4. The highest BCUT2D eigenvalue weighted by Gasteiger charge is 2.26. The molecule has 1 aliphatic rings. The van der Waals surface area contributed by atoms with Crippen LogP contribution in [-0.4, -0.2) is 22.6 Å². The van der Waals surface area contributed by atoms with Crippen LogP contribution in [0.2, 0.25) is 0 Å². The molecule has 0 aromatic carbocycles. The molecular weight excluding hydrogens is 138 g/mol. The number of carbonyl (C=O) groups excluding carboxylic acids is 2. The summed E-state index contributed by atoms with van der Waals surface area (Å²) < 4.78 is 0. The molecule has 0 bridgehead atoms. The zero-order valence-electron chi connectivity index (χ0n) is 4.83. The Balaban J connectivity index is 2.66. The van der Waals surface area contributed by atoms with Crippen molar-refractivity contribution in [2.24, 2.45) is 0 Å². The predicted octanol–water partition coefficient (Wildman–Crippen LogP) is 0.0227. The number of nitrogens with zero attached hydrogens (tertiary/aromatic N) is 1. The van der Waals surface area contributed by atoms with Crippen LogP contribution >= 0.6 is 12.6 Å². The zero-order chi connectivity index (χ0) is 6.85. The average Bonchev–Trinajstić information content (AvgIpc) is 2.12. The van der Waals surface area contributed by atoms with Crippen LogP contribution < -0.4 is 0 Å². The van der Waals surface area contributed by atoms with Crippen LogP contribution in [0.1, 0.15) is 12.8 Å². The van der Waals surface area contributed by atoms with Crippen LogP contribution in [0.25, 0.3) is 0 Å². The Labute approximate surface area is 58.4 Å².